The minimum absolute atomic E-state index is 0.420. The maximum Gasteiger partial charge on any atom is 0.127 e. The standard InChI is InChI=1S/C11H18N2O/c1-11(7-12,13-9-5-6-9)8-14-10-3-2-4-10/h9-10,13H,2-6,8H2,1H3. The van der Waals surface area contributed by atoms with E-state index in [9.17, 15) is 0 Å². The van der Waals surface area contributed by atoms with Crippen LogP contribution in [0.5, 0.6) is 0 Å². The van der Waals surface area contributed by atoms with Gasteiger partial charge in [0.2, 0.25) is 0 Å². The molecular weight excluding hydrogens is 176 g/mol. The maximum atomic E-state index is 9.07. The molecule has 3 nitrogen and oxygen atoms in total. The third kappa shape index (κ3) is 2.46. The van der Waals surface area contributed by atoms with E-state index in [4.69, 9.17) is 10.00 Å². The predicted molar refractivity (Wildman–Crippen MR) is 53.8 cm³/mol. The van der Waals surface area contributed by atoms with Crippen LogP contribution in [0.3, 0.4) is 0 Å². The maximum absolute atomic E-state index is 9.07. The molecule has 0 spiro atoms. The quantitative estimate of drug-likeness (QED) is 0.723. The highest BCUT2D eigenvalue weighted by atomic mass is 16.5. The molecule has 14 heavy (non-hydrogen) atoms. The minimum atomic E-state index is -0.475. The zero-order valence-electron chi connectivity index (χ0n) is 8.75. The molecule has 2 aliphatic carbocycles. The summed E-state index contributed by atoms with van der Waals surface area (Å²) in [6, 6.07) is 2.88. The van der Waals surface area contributed by atoms with E-state index in [1.807, 2.05) is 6.92 Å². The first-order valence-electron chi connectivity index (χ1n) is 5.52. The summed E-state index contributed by atoms with van der Waals surface area (Å²) in [5, 5.41) is 12.4. The van der Waals surface area contributed by atoms with Crippen LogP contribution in [0.2, 0.25) is 0 Å². The number of hydrogen-bond acceptors (Lipinski definition) is 3. The van der Waals surface area contributed by atoms with Gasteiger partial charge in [0, 0.05) is 6.04 Å². The summed E-state index contributed by atoms with van der Waals surface area (Å²) in [6.45, 7) is 2.47. The summed E-state index contributed by atoms with van der Waals surface area (Å²) >= 11 is 0. The lowest BCUT2D eigenvalue weighted by atomic mass is 9.96. The Bertz CT molecular complexity index is 240. The summed E-state index contributed by atoms with van der Waals surface area (Å²) < 4.78 is 5.68. The molecule has 0 saturated heterocycles. The first kappa shape index (κ1) is 9.95. The van der Waals surface area contributed by atoms with Crippen LogP contribution in [0, 0.1) is 11.3 Å². The van der Waals surface area contributed by atoms with Crippen molar-refractivity contribution < 1.29 is 4.74 Å². The third-order valence-electron chi connectivity index (χ3n) is 3.01. The fraction of sp³-hybridized carbons (Fsp3) is 0.909. The Morgan fingerprint density at radius 3 is 2.57 bits per heavy atom. The van der Waals surface area contributed by atoms with E-state index in [2.05, 4.69) is 11.4 Å². The molecule has 2 aliphatic rings. The average molecular weight is 194 g/mol. The van der Waals surface area contributed by atoms with E-state index < -0.39 is 5.54 Å². The number of nitrogens with zero attached hydrogens (tertiary/aromatic N) is 1. The van der Waals surface area contributed by atoms with E-state index in [0.717, 1.165) is 0 Å². The molecule has 0 heterocycles. The number of ether oxygens (including phenoxy) is 1. The molecule has 0 bridgehead atoms. The van der Waals surface area contributed by atoms with Crippen molar-refractivity contribution in [3.8, 4) is 6.07 Å². The molecule has 2 fully saturated rings. The Morgan fingerprint density at radius 1 is 1.43 bits per heavy atom. The zero-order valence-corrected chi connectivity index (χ0v) is 8.75. The molecule has 0 aromatic carbocycles. The van der Waals surface area contributed by atoms with Gasteiger partial charge < -0.3 is 4.74 Å². The molecule has 1 atom stereocenters. The van der Waals surface area contributed by atoms with Crippen molar-refractivity contribution >= 4 is 0 Å². The smallest absolute Gasteiger partial charge is 0.127 e. The fourth-order valence-corrected chi connectivity index (χ4v) is 1.61. The van der Waals surface area contributed by atoms with Gasteiger partial charge in [-0.15, -0.1) is 0 Å². The van der Waals surface area contributed by atoms with Crippen LogP contribution in [-0.4, -0.2) is 24.3 Å². The van der Waals surface area contributed by atoms with Crippen LogP contribution in [0.4, 0.5) is 0 Å². The Hall–Kier alpha value is -0.590. The molecule has 0 aromatic heterocycles. The Balaban J connectivity index is 1.75. The Labute approximate surface area is 85.4 Å². The molecule has 2 saturated carbocycles. The van der Waals surface area contributed by atoms with Gasteiger partial charge in [-0.2, -0.15) is 5.26 Å². The van der Waals surface area contributed by atoms with E-state index in [0.29, 0.717) is 18.8 Å². The summed E-state index contributed by atoms with van der Waals surface area (Å²) in [5.74, 6) is 0. The van der Waals surface area contributed by atoms with Crippen molar-refractivity contribution in [3.05, 3.63) is 0 Å². The van der Waals surface area contributed by atoms with Gasteiger partial charge in [0.05, 0.1) is 18.8 Å². The molecule has 2 rings (SSSR count). The van der Waals surface area contributed by atoms with Gasteiger partial charge in [0.25, 0.3) is 0 Å². The van der Waals surface area contributed by atoms with Gasteiger partial charge in [-0.3, -0.25) is 5.32 Å². The van der Waals surface area contributed by atoms with Gasteiger partial charge >= 0.3 is 0 Å². The van der Waals surface area contributed by atoms with Crippen molar-refractivity contribution in [3.63, 3.8) is 0 Å². The molecule has 78 valence electrons. The van der Waals surface area contributed by atoms with Gasteiger partial charge in [-0.25, -0.2) is 0 Å². The lowest BCUT2D eigenvalue weighted by Crippen LogP contribution is -2.47. The third-order valence-corrected chi connectivity index (χ3v) is 3.01. The first-order chi connectivity index (χ1) is 6.72. The molecule has 0 amide bonds. The largest absolute Gasteiger partial charge is 0.375 e. The van der Waals surface area contributed by atoms with E-state index in [-0.39, 0.29) is 0 Å². The number of nitriles is 1. The molecule has 1 unspecified atom stereocenters. The van der Waals surface area contributed by atoms with Crippen molar-refractivity contribution in [2.24, 2.45) is 0 Å². The Kier molecular flexibility index (Phi) is 2.76. The molecule has 1 N–H and O–H groups in total. The van der Waals surface area contributed by atoms with Gasteiger partial charge in [0.15, 0.2) is 0 Å². The number of nitrogens with one attached hydrogen (secondary N) is 1. The van der Waals surface area contributed by atoms with Crippen LogP contribution >= 0.6 is 0 Å². The molecule has 0 radical (unpaired) electrons. The normalized spacial score (nSPS) is 26.3. The summed E-state index contributed by atoms with van der Waals surface area (Å²) in [6.07, 6.45) is 6.46. The van der Waals surface area contributed by atoms with E-state index in [1.54, 1.807) is 0 Å². The fourth-order valence-electron chi connectivity index (χ4n) is 1.61. The second-order valence-electron chi connectivity index (χ2n) is 4.73. The van der Waals surface area contributed by atoms with Crippen molar-refractivity contribution in [2.75, 3.05) is 6.61 Å². The first-order valence-corrected chi connectivity index (χ1v) is 5.52. The summed E-state index contributed by atoms with van der Waals surface area (Å²) in [4.78, 5) is 0. The molecule has 0 aliphatic heterocycles. The number of hydrogen-bond donors (Lipinski definition) is 1. The van der Waals surface area contributed by atoms with E-state index in [1.165, 1.54) is 32.1 Å². The average Bonchev–Trinajstić information content (AvgIpc) is 2.85. The highest BCUT2D eigenvalue weighted by Gasteiger charge is 2.33. The molecule has 3 heteroatoms. The highest BCUT2D eigenvalue weighted by Crippen LogP contribution is 2.25. The summed E-state index contributed by atoms with van der Waals surface area (Å²) in [7, 11) is 0. The van der Waals surface area contributed by atoms with Crippen molar-refractivity contribution in [1.82, 2.24) is 5.32 Å². The Morgan fingerprint density at radius 2 is 2.14 bits per heavy atom. The van der Waals surface area contributed by atoms with Crippen LogP contribution < -0.4 is 5.32 Å². The second kappa shape index (κ2) is 3.88. The molecule has 0 aromatic rings. The van der Waals surface area contributed by atoms with E-state index >= 15 is 0 Å². The highest BCUT2D eigenvalue weighted by molar-refractivity contribution is 5.07. The second-order valence-corrected chi connectivity index (χ2v) is 4.73. The lowest BCUT2D eigenvalue weighted by molar-refractivity contribution is -0.0170. The SMILES string of the molecule is CC(C#N)(COC1CCC1)NC1CC1. The van der Waals surface area contributed by atoms with Gasteiger partial charge in [-0.05, 0) is 39.0 Å². The molecular formula is C11H18N2O. The van der Waals surface area contributed by atoms with Crippen molar-refractivity contribution in [1.29, 1.82) is 5.26 Å². The summed E-state index contributed by atoms with van der Waals surface area (Å²) in [5.41, 5.74) is -0.475. The predicted octanol–water partition coefficient (Wildman–Crippen LogP) is 1.59. The zero-order chi connectivity index (χ0) is 10.0. The van der Waals surface area contributed by atoms with Gasteiger partial charge in [-0.1, -0.05) is 0 Å². The van der Waals surface area contributed by atoms with Crippen LogP contribution in [0.25, 0.3) is 0 Å². The van der Waals surface area contributed by atoms with Gasteiger partial charge in [0.1, 0.15) is 5.54 Å². The minimum Gasteiger partial charge on any atom is -0.375 e. The monoisotopic (exact) mass is 194 g/mol. The van der Waals surface area contributed by atoms with Crippen LogP contribution in [0.1, 0.15) is 39.0 Å². The van der Waals surface area contributed by atoms with Crippen LogP contribution in [0.15, 0.2) is 0 Å². The van der Waals surface area contributed by atoms with Crippen molar-refractivity contribution in [2.45, 2.75) is 56.7 Å². The topological polar surface area (TPSA) is 45.0 Å². The number of rotatable bonds is 5. The lowest BCUT2D eigenvalue weighted by Gasteiger charge is -2.30. The van der Waals surface area contributed by atoms with Crippen LogP contribution in [-0.2, 0) is 4.74 Å².